The van der Waals surface area contributed by atoms with E-state index in [1.165, 1.54) is 0 Å². The number of aromatic amines is 1. The number of hydrogen-bond acceptors (Lipinski definition) is 5. The molecule has 0 radical (unpaired) electrons. The van der Waals surface area contributed by atoms with E-state index in [1.54, 1.807) is 36.8 Å². The van der Waals surface area contributed by atoms with E-state index in [1.807, 2.05) is 31.2 Å². The first-order chi connectivity index (χ1) is 12.3. The standard InChI is InChI=1S/C18H17N5O2/c1-2-25-15-5-3-4-14(10-15)16-11-17(22-21-16)18(24)23-20-12-13-6-8-19-9-7-13/h3-12H,2H2,1H3,(H,21,22)(H,23,24)/b20-12+. The molecule has 0 saturated heterocycles. The van der Waals surface area contributed by atoms with Gasteiger partial charge in [-0.1, -0.05) is 12.1 Å². The molecule has 25 heavy (non-hydrogen) atoms. The van der Waals surface area contributed by atoms with E-state index in [4.69, 9.17) is 4.74 Å². The molecule has 1 aromatic carbocycles. The summed E-state index contributed by atoms with van der Waals surface area (Å²) >= 11 is 0. The smallest absolute Gasteiger partial charge is 0.289 e. The van der Waals surface area contributed by atoms with Crippen molar-refractivity contribution in [1.29, 1.82) is 0 Å². The fourth-order valence-corrected chi connectivity index (χ4v) is 2.17. The van der Waals surface area contributed by atoms with Crippen molar-refractivity contribution in [2.24, 2.45) is 5.10 Å². The van der Waals surface area contributed by atoms with E-state index in [2.05, 4.69) is 25.7 Å². The summed E-state index contributed by atoms with van der Waals surface area (Å²) in [5, 5.41) is 10.8. The van der Waals surface area contributed by atoms with Crippen LogP contribution >= 0.6 is 0 Å². The third-order valence-corrected chi connectivity index (χ3v) is 3.35. The Morgan fingerprint density at radius 1 is 1.28 bits per heavy atom. The summed E-state index contributed by atoms with van der Waals surface area (Å²) in [5.41, 5.74) is 5.14. The maximum Gasteiger partial charge on any atom is 0.289 e. The molecule has 0 aliphatic heterocycles. The van der Waals surface area contributed by atoms with Gasteiger partial charge in [-0.05, 0) is 42.8 Å². The summed E-state index contributed by atoms with van der Waals surface area (Å²) in [5.74, 6) is 0.390. The largest absolute Gasteiger partial charge is 0.494 e. The minimum Gasteiger partial charge on any atom is -0.494 e. The molecular formula is C18H17N5O2. The Morgan fingerprint density at radius 3 is 2.92 bits per heavy atom. The number of carbonyl (C=O) groups is 1. The van der Waals surface area contributed by atoms with E-state index in [-0.39, 0.29) is 5.91 Å². The van der Waals surface area contributed by atoms with Gasteiger partial charge in [0.05, 0.1) is 18.5 Å². The maximum atomic E-state index is 12.1. The molecule has 3 aromatic rings. The average molecular weight is 335 g/mol. The number of hydrogen-bond donors (Lipinski definition) is 2. The van der Waals surface area contributed by atoms with Crippen LogP contribution in [0.15, 0.2) is 60.0 Å². The summed E-state index contributed by atoms with van der Waals surface area (Å²) in [7, 11) is 0. The van der Waals surface area contributed by atoms with Crippen molar-refractivity contribution in [2.75, 3.05) is 6.61 Å². The zero-order chi connectivity index (χ0) is 17.5. The first kappa shape index (κ1) is 16.4. The molecular weight excluding hydrogens is 318 g/mol. The molecule has 2 N–H and O–H groups in total. The van der Waals surface area contributed by atoms with E-state index < -0.39 is 0 Å². The quantitative estimate of drug-likeness (QED) is 0.535. The Balaban J connectivity index is 1.67. The molecule has 7 heteroatoms. The van der Waals surface area contributed by atoms with Crippen LogP contribution in [0.2, 0.25) is 0 Å². The molecule has 7 nitrogen and oxygen atoms in total. The minimum atomic E-state index is -0.370. The van der Waals surface area contributed by atoms with Crippen LogP contribution in [0.3, 0.4) is 0 Å². The van der Waals surface area contributed by atoms with Gasteiger partial charge in [0.2, 0.25) is 0 Å². The van der Waals surface area contributed by atoms with E-state index in [9.17, 15) is 4.79 Å². The van der Waals surface area contributed by atoms with Crippen molar-refractivity contribution in [3.05, 3.63) is 66.1 Å². The molecule has 2 heterocycles. The Bertz CT molecular complexity index is 874. The number of hydrazone groups is 1. The van der Waals surface area contributed by atoms with Crippen LogP contribution in [0, 0.1) is 0 Å². The van der Waals surface area contributed by atoms with Crippen LogP contribution in [0.5, 0.6) is 5.75 Å². The van der Waals surface area contributed by atoms with Gasteiger partial charge in [-0.3, -0.25) is 14.9 Å². The second-order valence-electron chi connectivity index (χ2n) is 5.11. The van der Waals surface area contributed by atoms with Gasteiger partial charge in [-0.25, -0.2) is 5.43 Å². The zero-order valence-corrected chi connectivity index (χ0v) is 13.6. The van der Waals surface area contributed by atoms with Gasteiger partial charge in [-0.15, -0.1) is 0 Å². The Labute approximate surface area is 144 Å². The van der Waals surface area contributed by atoms with Gasteiger partial charge >= 0.3 is 0 Å². The van der Waals surface area contributed by atoms with Crippen LogP contribution in [-0.4, -0.2) is 33.9 Å². The van der Waals surface area contributed by atoms with Crippen LogP contribution in [0.4, 0.5) is 0 Å². The second kappa shape index (κ2) is 7.87. The third kappa shape index (κ3) is 4.29. The summed E-state index contributed by atoms with van der Waals surface area (Å²) in [6.45, 7) is 2.52. The average Bonchev–Trinajstić information content (AvgIpc) is 3.13. The lowest BCUT2D eigenvalue weighted by Crippen LogP contribution is -2.17. The molecule has 0 aliphatic rings. The molecule has 126 valence electrons. The van der Waals surface area contributed by atoms with Gasteiger partial charge in [-0.2, -0.15) is 10.2 Å². The Morgan fingerprint density at radius 2 is 2.12 bits per heavy atom. The maximum absolute atomic E-state index is 12.1. The first-order valence-corrected chi connectivity index (χ1v) is 7.78. The van der Waals surface area contributed by atoms with Crippen LogP contribution in [-0.2, 0) is 0 Å². The number of benzene rings is 1. The monoisotopic (exact) mass is 335 g/mol. The predicted molar refractivity (Wildman–Crippen MR) is 94.5 cm³/mol. The molecule has 0 fully saturated rings. The summed E-state index contributed by atoms with van der Waals surface area (Å²) in [6, 6.07) is 12.8. The number of amides is 1. The van der Waals surface area contributed by atoms with Crippen molar-refractivity contribution < 1.29 is 9.53 Å². The summed E-state index contributed by atoms with van der Waals surface area (Å²) < 4.78 is 5.48. The van der Waals surface area contributed by atoms with E-state index in [0.29, 0.717) is 18.0 Å². The number of pyridine rings is 1. The molecule has 0 atom stereocenters. The Kier molecular flexibility index (Phi) is 5.16. The lowest BCUT2D eigenvalue weighted by Gasteiger charge is -2.03. The highest BCUT2D eigenvalue weighted by molar-refractivity contribution is 5.94. The lowest BCUT2D eigenvalue weighted by molar-refractivity contribution is 0.0950. The van der Waals surface area contributed by atoms with Crippen molar-refractivity contribution in [3.63, 3.8) is 0 Å². The van der Waals surface area contributed by atoms with Crippen molar-refractivity contribution in [2.45, 2.75) is 6.92 Å². The summed E-state index contributed by atoms with van der Waals surface area (Å²) in [6.07, 6.45) is 4.85. The number of nitrogens with one attached hydrogen (secondary N) is 2. The third-order valence-electron chi connectivity index (χ3n) is 3.35. The Hall–Kier alpha value is -3.48. The SMILES string of the molecule is CCOc1cccc(-c2cc(C(=O)N/N=C/c3ccncc3)[nH]n2)c1. The molecule has 0 aliphatic carbocycles. The van der Waals surface area contributed by atoms with Gasteiger partial charge in [0.15, 0.2) is 0 Å². The molecule has 0 saturated carbocycles. The number of aromatic nitrogens is 3. The fourth-order valence-electron chi connectivity index (χ4n) is 2.17. The number of carbonyl (C=O) groups excluding carboxylic acids is 1. The topological polar surface area (TPSA) is 92.3 Å². The summed E-state index contributed by atoms with van der Waals surface area (Å²) in [4.78, 5) is 16.0. The number of rotatable bonds is 6. The van der Waals surface area contributed by atoms with Gasteiger partial charge in [0.1, 0.15) is 11.4 Å². The zero-order valence-electron chi connectivity index (χ0n) is 13.6. The molecule has 1 amide bonds. The highest BCUT2D eigenvalue weighted by atomic mass is 16.5. The molecule has 2 aromatic heterocycles. The van der Waals surface area contributed by atoms with Crippen LogP contribution in [0.1, 0.15) is 23.0 Å². The molecule has 0 bridgehead atoms. The molecule has 0 spiro atoms. The highest BCUT2D eigenvalue weighted by Crippen LogP contribution is 2.22. The van der Waals surface area contributed by atoms with Crippen molar-refractivity contribution >= 4 is 12.1 Å². The first-order valence-electron chi connectivity index (χ1n) is 7.78. The van der Waals surface area contributed by atoms with E-state index >= 15 is 0 Å². The van der Waals surface area contributed by atoms with Crippen LogP contribution < -0.4 is 10.2 Å². The van der Waals surface area contributed by atoms with Gasteiger partial charge < -0.3 is 4.74 Å². The van der Waals surface area contributed by atoms with E-state index in [0.717, 1.165) is 16.9 Å². The van der Waals surface area contributed by atoms with Gasteiger partial charge in [0, 0.05) is 18.0 Å². The number of ether oxygens (including phenoxy) is 1. The normalized spacial score (nSPS) is 10.8. The molecule has 3 rings (SSSR count). The van der Waals surface area contributed by atoms with Crippen molar-refractivity contribution in [3.8, 4) is 17.0 Å². The predicted octanol–water partition coefficient (Wildman–Crippen LogP) is 2.63. The minimum absolute atomic E-state index is 0.323. The lowest BCUT2D eigenvalue weighted by atomic mass is 10.1. The fraction of sp³-hybridized carbons (Fsp3) is 0.111. The van der Waals surface area contributed by atoms with Crippen molar-refractivity contribution in [1.82, 2.24) is 20.6 Å². The second-order valence-corrected chi connectivity index (χ2v) is 5.11. The van der Waals surface area contributed by atoms with Crippen LogP contribution in [0.25, 0.3) is 11.3 Å². The highest BCUT2D eigenvalue weighted by Gasteiger charge is 2.10. The number of H-pyrrole nitrogens is 1. The van der Waals surface area contributed by atoms with Gasteiger partial charge in [0.25, 0.3) is 5.91 Å². The molecule has 0 unspecified atom stereocenters. The number of nitrogens with zero attached hydrogens (tertiary/aromatic N) is 3.